The van der Waals surface area contributed by atoms with E-state index in [1.165, 1.54) is 11.8 Å². The summed E-state index contributed by atoms with van der Waals surface area (Å²) in [4.78, 5) is 37.8. The third-order valence-electron chi connectivity index (χ3n) is 4.00. The zero-order valence-electron chi connectivity index (χ0n) is 15.8. The first-order valence-electron chi connectivity index (χ1n) is 8.70. The Hall–Kier alpha value is -3.15. The number of rotatable bonds is 7. The summed E-state index contributed by atoms with van der Waals surface area (Å²) in [5.41, 5.74) is 2.48. The van der Waals surface area contributed by atoms with Crippen LogP contribution in [0.1, 0.15) is 28.4 Å². The van der Waals surface area contributed by atoms with Gasteiger partial charge >= 0.3 is 5.97 Å². The number of hydrogen-bond acceptors (Lipinski definition) is 4. The molecule has 27 heavy (non-hydrogen) atoms. The third kappa shape index (κ3) is 6.26. The molecule has 142 valence electrons. The van der Waals surface area contributed by atoms with Crippen LogP contribution in [0, 0.1) is 6.92 Å². The van der Waals surface area contributed by atoms with E-state index in [2.05, 4.69) is 5.32 Å². The number of esters is 1. The van der Waals surface area contributed by atoms with Crippen molar-refractivity contribution in [1.82, 2.24) is 10.2 Å². The number of nitrogens with zero attached hydrogens (tertiary/aromatic N) is 1. The summed E-state index contributed by atoms with van der Waals surface area (Å²) in [6.45, 7) is 3.56. The van der Waals surface area contributed by atoms with Gasteiger partial charge in [-0.25, -0.2) is 0 Å². The highest BCUT2D eigenvalue weighted by Crippen LogP contribution is 2.06. The fourth-order valence-corrected chi connectivity index (χ4v) is 2.49. The summed E-state index contributed by atoms with van der Waals surface area (Å²) in [6.07, 6.45) is -0.928. The van der Waals surface area contributed by atoms with Gasteiger partial charge in [0.05, 0.1) is 0 Å². The smallest absolute Gasteiger partial charge is 0.326 e. The fourth-order valence-electron chi connectivity index (χ4n) is 2.49. The van der Waals surface area contributed by atoms with E-state index in [9.17, 15) is 14.4 Å². The number of nitrogens with one attached hydrogen (secondary N) is 1. The normalized spacial score (nSPS) is 11.4. The molecule has 0 aliphatic rings. The molecule has 0 spiro atoms. The average Bonchev–Trinajstić information content (AvgIpc) is 2.66. The number of benzene rings is 2. The molecule has 0 aromatic heterocycles. The number of hydrogen-bond donors (Lipinski definition) is 1. The van der Waals surface area contributed by atoms with E-state index in [1.54, 1.807) is 19.2 Å². The zero-order valence-corrected chi connectivity index (χ0v) is 15.8. The predicted octanol–water partition coefficient (Wildman–Crippen LogP) is 2.32. The second-order valence-corrected chi connectivity index (χ2v) is 6.36. The standard InChI is InChI=1S/C21H24N2O4/c1-15-9-11-18(12-10-15)20(25)22-13-19(24)27-16(2)21(26)23(3)14-17-7-5-4-6-8-17/h4-12,16H,13-14H2,1-3H3,(H,22,25)/t16-/m0/s1. The molecule has 0 saturated heterocycles. The van der Waals surface area contributed by atoms with Gasteiger partial charge in [0, 0.05) is 19.2 Å². The lowest BCUT2D eigenvalue weighted by Crippen LogP contribution is -2.39. The molecule has 0 bridgehead atoms. The van der Waals surface area contributed by atoms with Gasteiger partial charge in [0.15, 0.2) is 6.10 Å². The first-order chi connectivity index (χ1) is 12.9. The Bertz CT molecular complexity index is 788. The van der Waals surface area contributed by atoms with Gasteiger partial charge in [-0.05, 0) is 31.5 Å². The first-order valence-corrected chi connectivity index (χ1v) is 8.70. The lowest BCUT2D eigenvalue weighted by atomic mass is 10.1. The number of carbonyl (C=O) groups excluding carboxylic acids is 3. The Kier molecular flexibility index (Phi) is 7.11. The van der Waals surface area contributed by atoms with Crippen LogP contribution < -0.4 is 5.32 Å². The highest BCUT2D eigenvalue weighted by molar-refractivity contribution is 5.96. The summed E-state index contributed by atoms with van der Waals surface area (Å²) in [5.74, 6) is -1.34. The third-order valence-corrected chi connectivity index (χ3v) is 4.00. The number of likely N-dealkylation sites (N-methyl/N-ethyl adjacent to an activating group) is 1. The first kappa shape index (κ1) is 20.2. The molecule has 6 heteroatoms. The van der Waals surface area contributed by atoms with Gasteiger partial charge in [-0.2, -0.15) is 0 Å². The van der Waals surface area contributed by atoms with Gasteiger partial charge in [0.25, 0.3) is 11.8 Å². The molecule has 0 heterocycles. The van der Waals surface area contributed by atoms with Crippen LogP contribution in [0.15, 0.2) is 54.6 Å². The molecule has 0 saturated carbocycles. The molecular weight excluding hydrogens is 344 g/mol. The lowest BCUT2D eigenvalue weighted by Gasteiger charge is -2.21. The van der Waals surface area contributed by atoms with Crippen molar-refractivity contribution < 1.29 is 19.1 Å². The molecule has 1 atom stereocenters. The Labute approximate surface area is 159 Å². The van der Waals surface area contributed by atoms with Gasteiger partial charge in [-0.15, -0.1) is 0 Å². The van der Waals surface area contributed by atoms with E-state index in [0.29, 0.717) is 12.1 Å². The minimum atomic E-state index is -0.928. The fraction of sp³-hybridized carbons (Fsp3) is 0.286. The second-order valence-electron chi connectivity index (χ2n) is 6.36. The number of amides is 2. The van der Waals surface area contributed by atoms with Gasteiger partial charge in [0.1, 0.15) is 6.54 Å². The van der Waals surface area contributed by atoms with Crippen LogP contribution >= 0.6 is 0 Å². The maximum Gasteiger partial charge on any atom is 0.326 e. The molecule has 0 unspecified atom stereocenters. The van der Waals surface area contributed by atoms with Crippen LogP contribution in [0.4, 0.5) is 0 Å². The van der Waals surface area contributed by atoms with Gasteiger partial charge in [-0.3, -0.25) is 14.4 Å². The van der Waals surface area contributed by atoms with Crippen LogP contribution in [0.3, 0.4) is 0 Å². The summed E-state index contributed by atoms with van der Waals surface area (Å²) in [6, 6.07) is 16.5. The van der Waals surface area contributed by atoms with Crippen molar-refractivity contribution in [3.8, 4) is 0 Å². The molecule has 0 aliphatic heterocycles. The lowest BCUT2D eigenvalue weighted by molar-refractivity contribution is -0.157. The SMILES string of the molecule is Cc1ccc(C(=O)NCC(=O)O[C@@H](C)C(=O)N(C)Cc2ccccc2)cc1. The van der Waals surface area contributed by atoms with Crippen molar-refractivity contribution >= 4 is 17.8 Å². The highest BCUT2D eigenvalue weighted by Gasteiger charge is 2.21. The maximum atomic E-state index is 12.3. The predicted molar refractivity (Wildman–Crippen MR) is 102 cm³/mol. The maximum absolute atomic E-state index is 12.3. The van der Waals surface area contributed by atoms with Crippen molar-refractivity contribution in [3.63, 3.8) is 0 Å². The van der Waals surface area contributed by atoms with Gasteiger partial charge in [-0.1, -0.05) is 48.0 Å². The number of carbonyl (C=O) groups is 3. The Balaban J connectivity index is 1.79. The Morgan fingerprint density at radius 2 is 1.67 bits per heavy atom. The molecule has 0 fully saturated rings. The van der Waals surface area contributed by atoms with Crippen molar-refractivity contribution in [2.75, 3.05) is 13.6 Å². The van der Waals surface area contributed by atoms with Crippen LogP contribution in [0.5, 0.6) is 0 Å². The minimum Gasteiger partial charge on any atom is -0.451 e. The summed E-state index contributed by atoms with van der Waals surface area (Å²) >= 11 is 0. The Morgan fingerprint density at radius 1 is 1.04 bits per heavy atom. The van der Waals surface area contributed by atoms with E-state index in [-0.39, 0.29) is 18.4 Å². The van der Waals surface area contributed by atoms with Crippen LogP contribution in [0.2, 0.25) is 0 Å². The summed E-state index contributed by atoms with van der Waals surface area (Å²) in [5, 5.41) is 2.49. The van der Waals surface area contributed by atoms with E-state index >= 15 is 0 Å². The molecule has 2 aromatic rings. The van der Waals surface area contributed by atoms with Crippen molar-refractivity contribution in [3.05, 3.63) is 71.3 Å². The zero-order chi connectivity index (χ0) is 19.8. The molecule has 6 nitrogen and oxygen atoms in total. The number of ether oxygens (including phenoxy) is 1. The molecule has 1 N–H and O–H groups in total. The van der Waals surface area contributed by atoms with Crippen molar-refractivity contribution in [2.24, 2.45) is 0 Å². The minimum absolute atomic E-state index is 0.299. The second kappa shape index (κ2) is 9.52. The molecule has 2 aromatic carbocycles. The van der Waals surface area contributed by atoms with Crippen LogP contribution in [-0.4, -0.2) is 42.4 Å². The van der Waals surface area contributed by atoms with E-state index in [1.807, 2.05) is 49.4 Å². The average molecular weight is 368 g/mol. The highest BCUT2D eigenvalue weighted by atomic mass is 16.5. The largest absolute Gasteiger partial charge is 0.451 e. The number of aryl methyl sites for hydroxylation is 1. The van der Waals surface area contributed by atoms with Gasteiger partial charge < -0.3 is 15.0 Å². The monoisotopic (exact) mass is 368 g/mol. The van der Waals surface area contributed by atoms with Crippen molar-refractivity contribution in [1.29, 1.82) is 0 Å². The van der Waals surface area contributed by atoms with E-state index in [0.717, 1.165) is 11.1 Å². The van der Waals surface area contributed by atoms with Gasteiger partial charge in [0.2, 0.25) is 0 Å². The van der Waals surface area contributed by atoms with E-state index in [4.69, 9.17) is 4.74 Å². The quantitative estimate of drug-likeness (QED) is 0.761. The van der Waals surface area contributed by atoms with Crippen molar-refractivity contribution in [2.45, 2.75) is 26.5 Å². The Morgan fingerprint density at radius 3 is 2.30 bits per heavy atom. The topological polar surface area (TPSA) is 75.7 Å². The van der Waals surface area contributed by atoms with Crippen LogP contribution in [-0.2, 0) is 20.9 Å². The summed E-state index contributed by atoms with van der Waals surface area (Å²) < 4.78 is 5.13. The summed E-state index contributed by atoms with van der Waals surface area (Å²) in [7, 11) is 1.65. The molecule has 0 aliphatic carbocycles. The van der Waals surface area contributed by atoms with Crippen LogP contribution in [0.25, 0.3) is 0 Å². The van der Waals surface area contributed by atoms with E-state index < -0.39 is 12.1 Å². The molecular formula is C21H24N2O4. The molecule has 2 rings (SSSR count). The molecule has 2 amide bonds. The molecule has 0 radical (unpaired) electrons.